The normalized spacial score (nSPS) is 15.0. The Kier molecular flexibility index (Phi) is 4.71. The summed E-state index contributed by atoms with van der Waals surface area (Å²) < 4.78 is 0. The average molecular weight is 401 g/mol. The molecule has 1 aliphatic rings. The van der Waals surface area contributed by atoms with Crippen LogP contribution in [0.1, 0.15) is 45.9 Å². The maximum Gasteiger partial charge on any atom is 0.323 e. The second-order valence-electron chi connectivity index (χ2n) is 7.88. The van der Waals surface area contributed by atoms with Crippen LogP contribution < -0.4 is 5.69 Å². The maximum atomic E-state index is 13.0. The van der Waals surface area contributed by atoms with Gasteiger partial charge in [-0.15, -0.1) is 0 Å². The van der Waals surface area contributed by atoms with E-state index in [4.69, 9.17) is 0 Å². The first kappa shape index (κ1) is 18.4. The molecule has 0 aliphatic carbocycles. The molecule has 152 valence electrons. The molecule has 0 spiro atoms. The van der Waals surface area contributed by atoms with E-state index in [9.17, 15) is 9.59 Å². The molecule has 2 aromatic carbocycles. The van der Waals surface area contributed by atoms with Crippen LogP contribution in [0.25, 0.3) is 11.0 Å². The standard InChI is InChI=1S/C23H23N5O2/c29-22(17-6-7-19-20(13-17)26-23(30)25-19)28-10-8-16(9-11-28)21-18(14-24-27-21)12-15-4-2-1-3-5-15/h1-7,13-14,16H,8-12H2,(H,24,27)(H2,25,26,30). The van der Waals surface area contributed by atoms with Gasteiger partial charge in [-0.1, -0.05) is 30.3 Å². The SMILES string of the molecule is O=C(c1ccc2[nH]c(=O)[nH]c2c1)N1CCC(c2[nH]ncc2Cc2ccccc2)CC1. The largest absolute Gasteiger partial charge is 0.339 e. The van der Waals surface area contributed by atoms with Gasteiger partial charge in [0.05, 0.1) is 17.2 Å². The van der Waals surface area contributed by atoms with Crippen molar-refractivity contribution in [3.8, 4) is 0 Å². The summed E-state index contributed by atoms with van der Waals surface area (Å²) in [5.41, 5.74) is 5.39. The van der Waals surface area contributed by atoms with Crippen molar-refractivity contribution in [2.45, 2.75) is 25.2 Å². The van der Waals surface area contributed by atoms with Crippen molar-refractivity contribution in [3.63, 3.8) is 0 Å². The summed E-state index contributed by atoms with van der Waals surface area (Å²) >= 11 is 0. The molecule has 30 heavy (non-hydrogen) atoms. The van der Waals surface area contributed by atoms with E-state index < -0.39 is 0 Å². The molecule has 7 heteroatoms. The van der Waals surface area contributed by atoms with Gasteiger partial charge in [-0.2, -0.15) is 5.10 Å². The van der Waals surface area contributed by atoms with Gasteiger partial charge in [0.1, 0.15) is 0 Å². The summed E-state index contributed by atoms with van der Waals surface area (Å²) in [5.74, 6) is 0.380. The van der Waals surface area contributed by atoms with E-state index in [1.165, 1.54) is 16.8 Å². The van der Waals surface area contributed by atoms with E-state index in [0.29, 0.717) is 35.6 Å². The first-order chi connectivity index (χ1) is 14.7. The number of H-pyrrole nitrogens is 3. The fraction of sp³-hybridized carbons (Fsp3) is 0.261. The van der Waals surface area contributed by atoms with E-state index in [-0.39, 0.29) is 11.6 Å². The number of likely N-dealkylation sites (tertiary alicyclic amines) is 1. The zero-order valence-corrected chi connectivity index (χ0v) is 16.5. The zero-order valence-electron chi connectivity index (χ0n) is 16.5. The van der Waals surface area contributed by atoms with Gasteiger partial charge in [-0.05, 0) is 42.2 Å². The highest BCUT2D eigenvalue weighted by molar-refractivity contribution is 5.97. The number of aromatic nitrogens is 4. The highest BCUT2D eigenvalue weighted by Gasteiger charge is 2.27. The summed E-state index contributed by atoms with van der Waals surface area (Å²) in [7, 11) is 0. The third kappa shape index (κ3) is 3.54. The monoisotopic (exact) mass is 401 g/mol. The van der Waals surface area contributed by atoms with Gasteiger partial charge >= 0.3 is 5.69 Å². The van der Waals surface area contributed by atoms with Crippen molar-refractivity contribution in [1.29, 1.82) is 0 Å². The number of benzene rings is 2. The van der Waals surface area contributed by atoms with Crippen LogP contribution in [0.4, 0.5) is 0 Å². The van der Waals surface area contributed by atoms with Crippen LogP contribution in [0.3, 0.4) is 0 Å². The lowest BCUT2D eigenvalue weighted by molar-refractivity contribution is 0.0712. The van der Waals surface area contributed by atoms with Crippen LogP contribution in [0.15, 0.2) is 59.5 Å². The second kappa shape index (κ2) is 7.67. The summed E-state index contributed by atoms with van der Waals surface area (Å²) in [6.07, 6.45) is 4.59. The van der Waals surface area contributed by atoms with Crippen LogP contribution in [0, 0.1) is 0 Å². The molecule has 5 rings (SSSR count). The van der Waals surface area contributed by atoms with Crippen molar-refractivity contribution in [3.05, 3.63) is 87.6 Å². The fourth-order valence-corrected chi connectivity index (χ4v) is 4.35. The van der Waals surface area contributed by atoms with E-state index >= 15 is 0 Å². The number of carbonyl (C=O) groups excluding carboxylic acids is 1. The van der Waals surface area contributed by atoms with Crippen molar-refractivity contribution >= 4 is 16.9 Å². The minimum Gasteiger partial charge on any atom is -0.339 e. The lowest BCUT2D eigenvalue weighted by Crippen LogP contribution is -2.38. The number of amides is 1. The molecule has 0 atom stereocenters. The number of hydrogen-bond acceptors (Lipinski definition) is 3. The zero-order chi connectivity index (χ0) is 20.5. The molecule has 0 saturated carbocycles. The molecular formula is C23H23N5O2. The number of rotatable bonds is 4. The summed E-state index contributed by atoms with van der Waals surface area (Å²) in [4.78, 5) is 31.7. The molecule has 3 heterocycles. The molecule has 1 amide bonds. The Bertz CT molecular complexity index is 1230. The summed E-state index contributed by atoms with van der Waals surface area (Å²) in [6.45, 7) is 1.41. The van der Waals surface area contributed by atoms with Crippen LogP contribution in [-0.4, -0.2) is 44.1 Å². The minimum atomic E-state index is -0.263. The Hall–Kier alpha value is -3.61. The molecule has 0 bridgehead atoms. The first-order valence-corrected chi connectivity index (χ1v) is 10.2. The van der Waals surface area contributed by atoms with Gasteiger partial charge in [0, 0.05) is 36.7 Å². The number of carbonyl (C=O) groups is 1. The Labute approximate surface area is 173 Å². The molecule has 2 aromatic heterocycles. The van der Waals surface area contributed by atoms with Crippen molar-refractivity contribution < 1.29 is 4.79 Å². The Morgan fingerprint density at radius 2 is 1.80 bits per heavy atom. The molecule has 4 aromatic rings. The van der Waals surface area contributed by atoms with Gasteiger partial charge in [0.15, 0.2) is 0 Å². The first-order valence-electron chi connectivity index (χ1n) is 10.2. The Morgan fingerprint density at radius 1 is 1.03 bits per heavy atom. The topological polar surface area (TPSA) is 97.6 Å². The maximum absolute atomic E-state index is 13.0. The number of nitrogens with zero attached hydrogens (tertiary/aromatic N) is 2. The van der Waals surface area contributed by atoms with E-state index in [1.54, 1.807) is 18.2 Å². The van der Waals surface area contributed by atoms with Crippen molar-refractivity contribution in [1.82, 2.24) is 25.1 Å². The number of aromatic amines is 3. The summed E-state index contributed by atoms with van der Waals surface area (Å²) in [5, 5.41) is 7.49. The molecule has 3 N–H and O–H groups in total. The lowest BCUT2D eigenvalue weighted by atomic mass is 9.89. The van der Waals surface area contributed by atoms with Crippen LogP contribution in [-0.2, 0) is 6.42 Å². The van der Waals surface area contributed by atoms with Crippen LogP contribution >= 0.6 is 0 Å². The van der Waals surface area contributed by atoms with Crippen LogP contribution in [0.5, 0.6) is 0 Å². The molecule has 1 aliphatic heterocycles. The van der Waals surface area contributed by atoms with Gasteiger partial charge in [-0.25, -0.2) is 4.79 Å². The predicted octanol–water partition coefficient (Wildman–Crippen LogP) is 3.19. The third-order valence-electron chi connectivity index (χ3n) is 5.94. The number of fused-ring (bicyclic) bond motifs is 1. The second-order valence-corrected chi connectivity index (χ2v) is 7.88. The van der Waals surface area contributed by atoms with Crippen molar-refractivity contribution in [2.24, 2.45) is 0 Å². The number of nitrogens with one attached hydrogen (secondary N) is 3. The minimum absolute atomic E-state index is 0.00604. The van der Waals surface area contributed by atoms with Gasteiger partial charge in [0.2, 0.25) is 0 Å². The van der Waals surface area contributed by atoms with E-state index in [2.05, 4.69) is 44.4 Å². The van der Waals surface area contributed by atoms with Gasteiger partial charge < -0.3 is 14.9 Å². The number of imidazole rings is 1. The predicted molar refractivity (Wildman–Crippen MR) is 115 cm³/mol. The molecular weight excluding hydrogens is 378 g/mol. The highest BCUT2D eigenvalue weighted by Crippen LogP contribution is 2.30. The van der Waals surface area contributed by atoms with E-state index in [0.717, 1.165) is 19.3 Å². The molecule has 0 radical (unpaired) electrons. The molecule has 1 saturated heterocycles. The smallest absolute Gasteiger partial charge is 0.323 e. The molecule has 1 fully saturated rings. The number of hydrogen-bond donors (Lipinski definition) is 3. The van der Waals surface area contributed by atoms with Gasteiger partial charge in [0.25, 0.3) is 5.91 Å². The average Bonchev–Trinajstić information content (AvgIpc) is 3.39. The third-order valence-corrected chi connectivity index (χ3v) is 5.94. The van der Waals surface area contributed by atoms with Crippen LogP contribution in [0.2, 0.25) is 0 Å². The molecule has 7 nitrogen and oxygen atoms in total. The Balaban J connectivity index is 1.27. The fourth-order valence-electron chi connectivity index (χ4n) is 4.35. The lowest BCUT2D eigenvalue weighted by Gasteiger charge is -2.32. The Morgan fingerprint density at radius 3 is 2.60 bits per heavy atom. The van der Waals surface area contributed by atoms with Gasteiger partial charge in [-0.3, -0.25) is 9.89 Å². The van der Waals surface area contributed by atoms with E-state index in [1.807, 2.05) is 17.2 Å². The number of piperidine rings is 1. The summed E-state index contributed by atoms with van der Waals surface area (Å²) in [6, 6.07) is 15.7. The highest BCUT2D eigenvalue weighted by atomic mass is 16.2. The van der Waals surface area contributed by atoms with Crippen molar-refractivity contribution in [2.75, 3.05) is 13.1 Å². The quantitative estimate of drug-likeness (QED) is 0.490. The molecule has 0 unspecified atom stereocenters.